The Morgan fingerprint density at radius 1 is 1.16 bits per heavy atom. The maximum Gasteiger partial charge on any atom is 0.229 e. The number of fused-ring (bicyclic) bond motifs is 1. The number of aromatic nitrogens is 1. The van der Waals surface area contributed by atoms with Gasteiger partial charge in [0.2, 0.25) is 5.89 Å². The van der Waals surface area contributed by atoms with Crippen LogP contribution in [0.3, 0.4) is 0 Å². The van der Waals surface area contributed by atoms with Crippen molar-refractivity contribution in [2.45, 2.75) is 0 Å². The number of benzene rings is 2. The summed E-state index contributed by atoms with van der Waals surface area (Å²) in [4.78, 5) is 4.24. The molecule has 0 spiro atoms. The van der Waals surface area contributed by atoms with E-state index in [1.807, 2.05) is 0 Å². The molecule has 0 aliphatic heterocycles. The standard InChI is InChI=1S/C13H7Cl2FN2O/c14-6-3-8(12(17)9(15)4-6)13-18-10-2-1-7(16)5-11(10)19-13/h1-5H,17H2. The van der Waals surface area contributed by atoms with Gasteiger partial charge in [-0.15, -0.1) is 0 Å². The van der Waals surface area contributed by atoms with Crippen LogP contribution in [-0.4, -0.2) is 4.98 Å². The topological polar surface area (TPSA) is 52.0 Å². The lowest BCUT2D eigenvalue weighted by atomic mass is 10.2. The molecule has 0 aliphatic carbocycles. The molecule has 3 rings (SSSR count). The largest absolute Gasteiger partial charge is 0.436 e. The van der Waals surface area contributed by atoms with Gasteiger partial charge in [-0.2, -0.15) is 0 Å². The summed E-state index contributed by atoms with van der Waals surface area (Å²) in [6.07, 6.45) is 0. The Labute approximate surface area is 117 Å². The van der Waals surface area contributed by atoms with Crippen LogP contribution in [0, 0.1) is 5.82 Å². The number of rotatable bonds is 1. The Kier molecular flexibility index (Phi) is 2.84. The minimum absolute atomic E-state index is 0.252. The summed E-state index contributed by atoms with van der Waals surface area (Å²) in [5.41, 5.74) is 7.54. The van der Waals surface area contributed by atoms with E-state index in [2.05, 4.69) is 4.98 Å². The Balaban J connectivity index is 2.24. The van der Waals surface area contributed by atoms with Gasteiger partial charge in [0.1, 0.15) is 11.3 Å². The van der Waals surface area contributed by atoms with Crippen LogP contribution >= 0.6 is 23.2 Å². The fourth-order valence-corrected chi connectivity index (χ4v) is 2.27. The van der Waals surface area contributed by atoms with Gasteiger partial charge in [-0.05, 0) is 24.3 Å². The number of halogens is 3. The van der Waals surface area contributed by atoms with Crippen LogP contribution in [0.5, 0.6) is 0 Å². The zero-order valence-electron chi connectivity index (χ0n) is 9.45. The van der Waals surface area contributed by atoms with Crippen LogP contribution in [0.2, 0.25) is 10.0 Å². The average Bonchev–Trinajstić information content (AvgIpc) is 2.76. The highest BCUT2D eigenvalue weighted by Gasteiger charge is 2.14. The maximum atomic E-state index is 13.1. The minimum atomic E-state index is -0.396. The molecule has 6 heteroatoms. The number of nitrogen functional groups attached to an aromatic ring is 1. The Morgan fingerprint density at radius 3 is 2.74 bits per heavy atom. The van der Waals surface area contributed by atoms with Crippen LogP contribution in [0.25, 0.3) is 22.6 Å². The second kappa shape index (κ2) is 4.40. The van der Waals surface area contributed by atoms with Crippen molar-refractivity contribution in [2.24, 2.45) is 0 Å². The molecule has 1 aromatic heterocycles. The van der Waals surface area contributed by atoms with E-state index in [-0.39, 0.29) is 5.89 Å². The lowest BCUT2D eigenvalue weighted by Crippen LogP contribution is -1.91. The molecule has 2 aromatic carbocycles. The van der Waals surface area contributed by atoms with Crippen molar-refractivity contribution in [3.63, 3.8) is 0 Å². The van der Waals surface area contributed by atoms with Gasteiger partial charge in [-0.25, -0.2) is 9.37 Å². The molecule has 0 radical (unpaired) electrons. The predicted octanol–water partition coefficient (Wildman–Crippen LogP) is 4.52. The Hall–Kier alpha value is -1.78. The molecule has 0 atom stereocenters. The van der Waals surface area contributed by atoms with Gasteiger partial charge >= 0.3 is 0 Å². The predicted molar refractivity (Wildman–Crippen MR) is 73.8 cm³/mol. The van der Waals surface area contributed by atoms with E-state index in [0.717, 1.165) is 0 Å². The summed E-state index contributed by atoms with van der Waals surface area (Å²) in [6, 6.07) is 7.23. The number of nitrogens with two attached hydrogens (primary N) is 1. The van der Waals surface area contributed by atoms with Crippen LogP contribution in [0.4, 0.5) is 10.1 Å². The van der Waals surface area contributed by atoms with Gasteiger partial charge < -0.3 is 10.2 Å². The first-order valence-corrected chi connectivity index (χ1v) is 6.11. The fraction of sp³-hybridized carbons (Fsp3) is 0. The highest BCUT2D eigenvalue weighted by molar-refractivity contribution is 6.37. The van der Waals surface area contributed by atoms with Gasteiger partial charge in [0.05, 0.1) is 16.3 Å². The molecule has 0 unspecified atom stereocenters. The number of oxazole rings is 1. The molecule has 0 saturated heterocycles. The average molecular weight is 297 g/mol. The minimum Gasteiger partial charge on any atom is -0.436 e. The number of hydrogen-bond acceptors (Lipinski definition) is 3. The molecule has 0 fully saturated rings. The van der Waals surface area contributed by atoms with E-state index in [4.69, 9.17) is 33.4 Å². The SMILES string of the molecule is Nc1c(Cl)cc(Cl)cc1-c1nc2ccc(F)cc2o1. The van der Waals surface area contributed by atoms with Crippen LogP contribution in [-0.2, 0) is 0 Å². The zero-order chi connectivity index (χ0) is 13.6. The molecule has 0 saturated carbocycles. The first-order valence-electron chi connectivity index (χ1n) is 5.35. The summed E-state index contributed by atoms with van der Waals surface area (Å²) in [5.74, 6) is -0.144. The summed E-state index contributed by atoms with van der Waals surface area (Å²) < 4.78 is 18.6. The normalized spacial score (nSPS) is 11.1. The summed E-state index contributed by atoms with van der Waals surface area (Å²) in [6.45, 7) is 0. The number of nitrogens with zero attached hydrogens (tertiary/aromatic N) is 1. The van der Waals surface area contributed by atoms with E-state index in [1.165, 1.54) is 24.3 Å². The van der Waals surface area contributed by atoms with E-state index in [9.17, 15) is 4.39 Å². The summed E-state index contributed by atoms with van der Waals surface area (Å²) >= 11 is 11.9. The van der Waals surface area contributed by atoms with Crippen molar-refractivity contribution in [2.75, 3.05) is 5.73 Å². The molecule has 2 N–H and O–H groups in total. The molecule has 1 heterocycles. The zero-order valence-corrected chi connectivity index (χ0v) is 11.0. The van der Waals surface area contributed by atoms with E-state index in [0.29, 0.717) is 32.4 Å². The molecule has 3 nitrogen and oxygen atoms in total. The van der Waals surface area contributed by atoms with Crippen molar-refractivity contribution >= 4 is 40.0 Å². The molecular weight excluding hydrogens is 290 g/mol. The van der Waals surface area contributed by atoms with Gasteiger partial charge in [0, 0.05) is 11.1 Å². The van der Waals surface area contributed by atoms with Crippen LogP contribution < -0.4 is 5.73 Å². The molecular formula is C13H7Cl2FN2O. The van der Waals surface area contributed by atoms with Crippen molar-refractivity contribution < 1.29 is 8.81 Å². The third-order valence-electron chi connectivity index (χ3n) is 2.68. The lowest BCUT2D eigenvalue weighted by molar-refractivity contribution is 0.602. The van der Waals surface area contributed by atoms with E-state index >= 15 is 0 Å². The molecule has 96 valence electrons. The third-order valence-corrected chi connectivity index (χ3v) is 3.21. The van der Waals surface area contributed by atoms with Crippen molar-refractivity contribution in [1.29, 1.82) is 0 Å². The van der Waals surface area contributed by atoms with Gasteiger partial charge in [-0.1, -0.05) is 23.2 Å². The second-order valence-electron chi connectivity index (χ2n) is 3.98. The van der Waals surface area contributed by atoms with E-state index < -0.39 is 5.82 Å². The highest BCUT2D eigenvalue weighted by atomic mass is 35.5. The smallest absolute Gasteiger partial charge is 0.229 e. The summed E-state index contributed by atoms with van der Waals surface area (Å²) in [7, 11) is 0. The quantitative estimate of drug-likeness (QED) is 0.672. The second-order valence-corrected chi connectivity index (χ2v) is 4.82. The van der Waals surface area contributed by atoms with Crippen molar-refractivity contribution in [3.05, 3.63) is 46.2 Å². The first-order chi connectivity index (χ1) is 9.04. The van der Waals surface area contributed by atoms with Gasteiger partial charge in [0.25, 0.3) is 0 Å². The lowest BCUT2D eigenvalue weighted by Gasteiger charge is -2.04. The van der Waals surface area contributed by atoms with Crippen LogP contribution in [0.1, 0.15) is 0 Å². The van der Waals surface area contributed by atoms with Crippen LogP contribution in [0.15, 0.2) is 34.7 Å². The first kappa shape index (κ1) is 12.3. The van der Waals surface area contributed by atoms with Gasteiger partial charge in [0.15, 0.2) is 5.58 Å². The number of anilines is 1. The molecule has 0 amide bonds. The molecule has 3 aromatic rings. The molecule has 19 heavy (non-hydrogen) atoms. The Bertz CT molecular complexity index is 786. The van der Waals surface area contributed by atoms with Crippen molar-refractivity contribution in [1.82, 2.24) is 4.98 Å². The molecule has 0 aliphatic rings. The van der Waals surface area contributed by atoms with E-state index in [1.54, 1.807) is 6.07 Å². The maximum absolute atomic E-state index is 13.1. The summed E-state index contributed by atoms with van der Waals surface area (Å²) in [5, 5.41) is 0.735. The monoisotopic (exact) mass is 296 g/mol. The highest BCUT2D eigenvalue weighted by Crippen LogP contribution is 2.35. The third kappa shape index (κ3) is 2.13. The molecule has 0 bridgehead atoms. The van der Waals surface area contributed by atoms with Gasteiger partial charge in [-0.3, -0.25) is 0 Å². The fourth-order valence-electron chi connectivity index (χ4n) is 1.78. The van der Waals surface area contributed by atoms with Crippen molar-refractivity contribution in [3.8, 4) is 11.5 Å². The Morgan fingerprint density at radius 2 is 1.95 bits per heavy atom. The number of hydrogen-bond donors (Lipinski definition) is 1.